The number of aromatic carboxylic acids is 1. The molecule has 0 amide bonds. The van der Waals surface area contributed by atoms with E-state index in [0.717, 1.165) is 12.3 Å². The molecule has 7 nitrogen and oxygen atoms in total. The highest BCUT2D eigenvalue weighted by atomic mass is 35.5. The van der Waals surface area contributed by atoms with Crippen LogP contribution in [-0.4, -0.2) is 36.7 Å². The van der Waals surface area contributed by atoms with Crippen molar-refractivity contribution in [1.29, 1.82) is 0 Å². The van der Waals surface area contributed by atoms with E-state index < -0.39 is 63.4 Å². The number of halogens is 5. The Balaban J connectivity index is 1.91. The highest BCUT2D eigenvalue weighted by Crippen LogP contribution is 2.47. The molecule has 2 aromatic heterocycles. The topological polar surface area (TPSA) is 101 Å². The molecule has 1 aliphatic rings. The van der Waals surface area contributed by atoms with E-state index in [1.165, 1.54) is 19.1 Å². The smallest absolute Gasteiger partial charge is 0.433 e. The predicted molar refractivity (Wildman–Crippen MR) is 99.0 cm³/mol. The van der Waals surface area contributed by atoms with Gasteiger partial charge in [-0.15, -0.1) is 0 Å². The van der Waals surface area contributed by atoms with Gasteiger partial charge in [0.1, 0.15) is 17.1 Å². The molecule has 0 saturated heterocycles. The lowest BCUT2D eigenvalue weighted by Gasteiger charge is -2.41. The number of aromatic nitrogens is 3. The molecule has 0 spiro atoms. The van der Waals surface area contributed by atoms with Gasteiger partial charge < -0.3 is 14.7 Å². The van der Waals surface area contributed by atoms with Gasteiger partial charge in [0.05, 0.1) is 34.0 Å². The van der Waals surface area contributed by atoms with Crippen molar-refractivity contribution in [2.24, 2.45) is 0 Å². The Morgan fingerprint density at radius 2 is 2.03 bits per heavy atom. The summed E-state index contributed by atoms with van der Waals surface area (Å²) in [5, 5.41) is 26.6. The summed E-state index contributed by atoms with van der Waals surface area (Å²) in [6, 6.07) is 2.82. The van der Waals surface area contributed by atoms with Gasteiger partial charge in [0.25, 0.3) is 0 Å². The Hall–Kier alpha value is -2.92. The molecule has 0 atom stereocenters. The zero-order valence-corrected chi connectivity index (χ0v) is 16.5. The number of rotatable bonds is 4. The molecule has 1 saturated carbocycles. The second-order valence-corrected chi connectivity index (χ2v) is 7.95. The minimum Gasteiger partial charge on any atom is -0.477 e. The van der Waals surface area contributed by atoms with E-state index in [1.807, 2.05) is 0 Å². The van der Waals surface area contributed by atoms with E-state index in [2.05, 4.69) is 10.3 Å². The van der Waals surface area contributed by atoms with Crippen molar-refractivity contribution in [3.63, 3.8) is 0 Å². The number of hydrogen-bond donors (Lipinski definition) is 2. The van der Waals surface area contributed by atoms with Crippen LogP contribution >= 0.6 is 11.6 Å². The van der Waals surface area contributed by atoms with Crippen LogP contribution in [0.3, 0.4) is 0 Å². The first-order valence-corrected chi connectivity index (χ1v) is 9.33. The van der Waals surface area contributed by atoms with Crippen molar-refractivity contribution in [2.45, 2.75) is 37.6 Å². The molecule has 4 rings (SSSR count). The van der Waals surface area contributed by atoms with Gasteiger partial charge in [-0.3, -0.25) is 4.68 Å². The Kier molecular flexibility index (Phi) is 4.85. The molecule has 31 heavy (non-hydrogen) atoms. The fraction of sp³-hybridized carbons (Fsp3) is 0.316. The normalized spacial score (nSPS) is 21.2. The maximum absolute atomic E-state index is 14.3. The lowest BCUT2D eigenvalue weighted by atomic mass is 9.77. The quantitative estimate of drug-likeness (QED) is 0.543. The third-order valence-corrected chi connectivity index (χ3v) is 5.43. The molecule has 0 unspecified atom stereocenters. The Labute approximate surface area is 176 Å². The minimum absolute atomic E-state index is 0.0372. The van der Waals surface area contributed by atoms with E-state index in [-0.39, 0.29) is 17.9 Å². The first kappa shape index (κ1) is 21.3. The summed E-state index contributed by atoms with van der Waals surface area (Å²) in [6.07, 6.45) is -4.04. The molecule has 1 aliphatic carbocycles. The van der Waals surface area contributed by atoms with Gasteiger partial charge in [0.2, 0.25) is 0 Å². The molecular weight excluding hydrogens is 446 g/mol. The van der Waals surface area contributed by atoms with Crippen LogP contribution in [0.5, 0.6) is 0 Å². The zero-order chi connectivity index (χ0) is 22.7. The largest absolute Gasteiger partial charge is 0.477 e. The van der Waals surface area contributed by atoms with Gasteiger partial charge in [-0.1, -0.05) is 22.8 Å². The van der Waals surface area contributed by atoms with Crippen LogP contribution < -0.4 is 0 Å². The zero-order valence-electron chi connectivity index (χ0n) is 15.7. The number of benzene rings is 1. The number of hydrogen-bond acceptors (Lipinski definition) is 5. The number of nitrogens with zero attached hydrogens (tertiary/aromatic N) is 3. The van der Waals surface area contributed by atoms with Crippen LogP contribution in [0.2, 0.25) is 5.02 Å². The van der Waals surface area contributed by atoms with E-state index in [1.54, 1.807) is 0 Å². The molecule has 12 heteroatoms. The van der Waals surface area contributed by atoms with Gasteiger partial charge in [-0.25, -0.2) is 9.18 Å². The van der Waals surface area contributed by atoms with Gasteiger partial charge in [-0.05, 0) is 31.9 Å². The second-order valence-electron chi connectivity index (χ2n) is 7.55. The number of carboxylic acid groups (broad SMARTS) is 1. The maximum Gasteiger partial charge on any atom is 0.433 e. The fourth-order valence-corrected chi connectivity index (χ4v) is 4.04. The number of carbonyl (C=O) groups is 1. The van der Waals surface area contributed by atoms with Crippen LogP contribution in [0.25, 0.3) is 22.6 Å². The van der Waals surface area contributed by atoms with E-state index in [4.69, 9.17) is 16.1 Å². The standard InChI is InChI=1S/C19H14ClF4N3O4/c1-18(30)5-8(6-18)27-16(19(22,23)24)9(7-25-27)15-13(17(28)29)14(26-31-15)12-10(20)3-2-4-11(12)21/h2-4,7-8,30H,5-6H2,1H3,(H,28,29). The molecular formula is C19H14ClF4N3O4. The molecule has 0 radical (unpaired) electrons. The van der Waals surface area contributed by atoms with Crippen LogP contribution in [0, 0.1) is 5.82 Å². The van der Waals surface area contributed by atoms with E-state index >= 15 is 0 Å². The van der Waals surface area contributed by atoms with Crippen molar-refractivity contribution in [2.75, 3.05) is 0 Å². The highest BCUT2D eigenvalue weighted by molar-refractivity contribution is 6.33. The van der Waals surface area contributed by atoms with Gasteiger partial charge in [0, 0.05) is 0 Å². The summed E-state index contributed by atoms with van der Waals surface area (Å²) in [7, 11) is 0. The van der Waals surface area contributed by atoms with Crippen molar-refractivity contribution in [3.8, 4) is 22.6 Å². The lowest BCUT2D eigenvalue weighted by molar-refractivity contribution is -0.148. The van der Waals surface area contributed by atoms with Crippen LogP contribution in [0.4, 0.5) is 17.6 Å². The number of carboxylic acids is 1. The molecule has 0 bridgehead atoms. The highest BCUT2D eigenvalue weighted by Gasteiger charge is 2.47. The molecule has 164 valence electrons. The third kappa shape index (κ3) is 3.57. The summed E-state index contributed by atoms with van der Waals surface area (Å²) in [5.41, 5.74) is -4.77. The van der Waals surface area contributed by atoms with Crippen LogP contribution in [-0.2, 0) is 6.18 Å². The SMILES string of the molecule is CC1(O)CC(n2ncc(-c3onc(-c4c(F)cccc4Cl)c3C(=O)O)c2C(F)(F)F)C1. The predicted octanol–water partition coefficient (Wildman–Crippen LogP) is 4.80. The van der Waals surface area contributed by atoms with Crippen molar-refractivity contribution >= 4 is 17.6 Å². The second kappa shape index (κ2) is 7.06. The Morgan fingerprint density at radius 1 is 1.35 bits per heavy atom. The van der Waals surface area contributed by atoms with Gasteiger partial charge >= 0.3 is 12.1 Å². The molecule has 0 aliphatic heterocycles. The molecule has 1 aromatic carbocycles. The van der Waals surface area contributed by atoms with Crippen molar-refractivity contribution < 1.29 is 37.1 Å². The summed E-state index contributed by atoms with van der Waals surface area (Å²) >= 11 is 5.96. The van der Waals surface area contributed by atoms with Crippen LogP contribution in [0.1, 0.15) is 41.9 Å². The summed E-state index contributed by atoms with van der Waals surface area (Å²) in [6.45, 7) is 1.49. The Morgan fingerprint density at radius 3 is 2.58 bits per heavy atom. The summed E-state index contributed by atoms with van der Waals surface area (Å²) < 4.78 is 61.7. The first-order chi connectivity index (χ1) is 14.4. The van der Waals surface area contributed by atoms with Crippen LogP contribution in [0.15, 0.2) is 28.9 Å². The minimum atomic E-state index is -4.92. The molecule has 3 aromatic rings. The molecule has 1 fully saturated rings. The number of aliphatic hydroxyl groups is 1. The average Bonchev–Trinajstić information content (AvgIpc) is 3.23. The van der Waals surface area contributed by atoms with E-state index in [9.17, 15) is 32.6 Å². The third-order valence-electron chi connectivity index (χ3n) is 5.11. The maximum atomic E-state index is 14.3. The van der Waals surface area contributed by atoms with Gasteiger partial charge in [0.15, 0.2) is 11.5 Å². The Bertz CT molecular complexity index is 1160. The van der Waals surface area contributed by atoms with Crippen molar-refractivity contribution in [1.82, 2.24) is 14.9 Å². The summed E-state index contributed by atoms with van der Waals surface area (Å²) in [4.78, 5) is 11.9. The lowest BCUT2D eigenvalue weighted by Crippen LogP contribution is -2.43. The first-order valence-electron chi connectivity index (χ1n) is 8.95. The molecule has 2 N–H and O–H groups in total. The monoisotopic (exact) mass is 459 g/mol. The van der Waals surface area contributed by atoms with E-state index in [0.29, 0.717) is 4.68 Å². The fourth-order valence-electron chi connectivity index (χ4n) is 3.78. The van der Waals surface area contributed by atoms with Crippen molar-refractivity contribution in [3.05, 3.63) is 46.5 Å². The molecule has 2 heterocycles. The number of alkyl halides is 3. The van der Waals surface area contributed by atoms with Gasteiger partial charge in [-0.2, -0.15) is 18.3 Å². The average molecular weight is 460 g/mol. The summed E-state index contributed by atoms with van der Waals surface area (Å²) in [5.74, 6) is -3.33.